The first-order chi connectivity index (χ1) is 14.9. The lowest BCUT2D eigenvalue weighted by atomic mass is 10.1. The van der Waals surface area contributed by atoms with Gasteiger partial charge in [0, 0.05) is 11.1 Å². The monoisotopic (exact) mass is 413 g/mol. The highest BCUT2D eigenvalue weighted by molar-refractivity contribution is 6.05. The minimum atomic E-state index is -1.05. The number of nitrogens with one attached hydrogen (secondary N) is 1. The van der Waals surface area contributed by atoms with Crippen LogP contribution >= 0.6 is 0 Å². The Bertz CT molecular complexity index is 1370. The number of hydrogen-bond acceptors (Lipinski definition) is 5. The molecule has 0 bridgehead atoms. The van der Waals surface area contributed by atoms with Crippen molar-refractivity contribution < 1.29 is 24.2 Å². The van der Waals surface area contributed by atoms with Gasteiger partial charge in [-0.3, -0.25) is 4.79 Å². The summed E-state index contributed by atoms with van der Waals surface area (Å²) in [5, 5.41) is 24.2. The van der Waals surface area contributed by atoms with Crippen molar-refractivity contribution in [1.29, 1.82) is 0 Å². The predicted octanol–water partition coefficient (Wildman–Crippen LogP) is 4.00. The van der Waals surface area contributed by atoms with Gasteiger partial charge in [-0.05, 0) is 61.0 Å². The van der Waals surface area contributed by atoms with Crippen LogP contribution < -0.4 is 16.0 Å². The summed E-state index contributed by atoms with van der Waals surface area (Å²) in [5.41, 5.74) is 2.60. The molecule has 0 saturated heterocycles. The molecule has 154 valence electrons. The third-order valence-electron chi connectivity index (χ3n) is 4.59. The lowest BCUT2D eigenvalue weighted by Crippen LogP contribution is -2.21. The molecule has 0 radical (unpaired) electrons. The number of benzene rings is 3. The zero-order valence-corrected chi connectivity index (χ0v) is 16.5. The molecule has 0 unspecified atom stereocenters. The molecule has 7 heteroatoms. The van der Waals surface area contributed by atoms with Crippen LogP contribution in [0.5, 0.6) is 5.75 Å². The van der Waals surface area contributed by atoms with E-state index in [0.717, 1.165) is 5.56 Å². The molecule has 4 rings (SSSR count). The zero-order valence-electron chi connectivity index (χ0n) is 16.5. The summed E-state index contributed by atoms with van der Waals surface area (Å²) in [6.45, 7) is 1.92. The van der Waals surface area contributed by atoms with Crippen LogP contribution in [0.15, 0.2) is 82.2 Å². The van der Waals surface area contributed by atoms with E-state index in [9.17, 15) is 14.7 Å². The molecule has 0 fully saturated rings. The Kier molecular flexibility index (Phi) is 5.24. The lowest BCUT2D eigenvalue weighted by molar-refractivity contribution is -0.268. The minimum absolute atomic E-state index is 0.00586. The van der Waals surface area contributed by atoms with Gasteiger partial charge in [-0.2, -0.15) is 0 Å². The SMILES string of the molecule is Cc1cccc(NC(=O)c2cc3ccc([O-])cc3oc2=Nc2ccc(C(=O)O)cc2)c1. The van der Waals surface area contributed by atoms with Crippen LogP contribution in [-0.2, 0) is 0 Å². The van der Waals surface area contributed by atoms with Crippen LogP contribution in [0.4, 0.5) is 11.4 Å². The Morgan fingerprint density at radius 2 is 1.77 bits per heavy atom. The highest BCUT2D eigenvalue weighted by Crippen LogP contribution is 2.20. The third-order valence-corrected chi connectivity index (χ3v) is 4.59. The smallest absolute Gasteiger partial charge is 0.335 e. The van der Waals surface area contributed by atoms with E-state index < -0.39 is 11.9 Å². The maximum Gasteiger partial charge on any atom is 0.335 e. The average molecular weight is 413 g/mol. The van der Waals surface area contributed by atoms with Crippen molar-refractivity contribution in [3.8, 4) is 5.75 Å². The number of nitrogens with zero attached hydrogens (tertiary/aromatic N) is 1. The number of carboxylic acid groups (broad SMARTS) is 1. The van der Waals surface area contributed by atoms with Crippen molar-refractivity contribution in [2.24, 2.45) is 4.99 Å². The Hall–Kier alpha value is -4.39. The summed E-state index contributed by atoms with van der Waals surface area (Å²) in [6.07, 6.45) is 0. The second kappa shape index (κ2) is 8.16. The molecule has 0 aliphatic heterocycles. The number of aryl methyl sites for hydroxylation is 1. The van der Waals surface area contributed by atoms with Crippen molar-refractivity contribution in [1.82, 2.24) is 0 Å². The first-order valence-electron chi connectivity index (χ1n) is 9.40. The van der Waals surface area contributed by atoms with Gasteiger partial charge in [0.2, 0.25) is 5.55 Å². The zero-order chi connectivity index (χ0) is 22.0. The molecule has 4 aromatic rings. The molecule has 1 aromatic heterocycles. The molecule has 0 aliphatic carbocycles. The van der Waals surface area contributed by atoms with E-state index in [-0.39, 0.29) is 22.4 Å². The lowest BCUT2D eigenvalue weighted by Gasteiger charge is -2.09. The number of aromatic carboxylic acids is 1. The normalized spacial score (nSPS) is 11.5. The second-order valence-corrected chi connectivity index (χ2v) is 6.95. The molecule has 1 heterocycles. The van der Waals surface area contributed by atoms with E-state index in [2.05, 4.69) is 10.3 Å². The molecule has 0 atom stereocenters. The fourth-order valence-corrected chi connectivity index (χ4v) is 3.06. The molecule has 31 heavy (non-hydrogen) atoms. The van der Waals surface area contributed by atoms with Crippen molar-refractivity contribution in [3.63, 3.8) is 0 Å². The molecular formula is C24H17N2O5-. The maximum atomic E-state index is 13.0. The van der Waals surface area contributed by atoms with Crippen LogP contribution in [0, 0.1) is 6.92 Å². The van der Waals surface area contributed by atoms with E-state index in [4.69, 9.17) is 9.52 Å². The van der Waals surface area contributed by atoms with Crippen LogP contribution in [-0.4, -0.2) is 17.0 Å². The molecular weight excluding hydrogens is 396 g/mol. The summed E-state index contributed by atoms with van der Waals surface area (Å²) >= 11 is 0. The largest absolute Gasteiger partial charge is 0.872 e. The molecule has 0 aliphatic rings. The predicted molar refractivity (Wildman–Crippen MR) is 113 cm³/mol. The Balaban J connectivity index is 1.83. The molecule has 3 aromatic carbocycles. The second-order valence-electron chi connectivity index (χ2n) is 6.95. The fraction of sp³-hybridized carbons (Fsp3) is 0.0417. The van der Waals surface area contributed by atoms with E-state index >= 15 is 0 Å². The molecule has 7 nitrogen and oxygen atoms in total. The standard InChI is InChI=1S/C24H18N2O5/c1-14-3-2-4-18(11-14)25-22(28)20-12-16-7-10-19(27)13-21(16)31-23(20)26-17-8-5-15(6-9-17)24(29)30/h2-13,27H,1H3,(H,25,28)(H,29,30)/p-1. The number of rotatable bonds is 4. The van der Waals surface area contributed by atoms with Gasteiger partial charge in [0.15, 0.2) is 0 Å². The van der Waals surface area contributed by atoms with Crippen LogP contribution in [0.3, 0.4) is 0 Å². The van der Waals surface area contributed by atoms with Crippen molar-refractivity contribution in [2.45, 2.75) is 6.92 Å². The molecule has 1 amide bonds. The third kappa shape index (κ3) is 4.45. The van der Waals surface area contributed by atoms with Gasteiger partial charge in [-0.25, -0.2) is 9.79 Å². The molecule has 0 saturated carbocycles. The molecule has 2 N–H and O–H groups in total. The fourth-order valence-electron chi connectivity index (χ4n) is 3.06. The Labute approximate surface area is 176 Å². The number of carbonyl (C=O) groups is 2. The number of fused-ring (bicyclic) bond motifs is 1. The summed E-state index contributed by atoms with van der Waals surface area (Å²) in [7, 11) is 0. The average Bonchev–Trinajstić information content (AvgIpc) is 2.73. The van der Waals surface area contributed by atoms with E-state index in [0.29, 0.717) is 22.3 Å². The van der Waals surface area contributed by atoms with Gasteiger partial charge in [0.05, 0.1) is 11.3 Å². The maximum absolute atomic E-state index is 13.0. The molecule has 0 spiro atoms. The van der Waals surface area contributed by atoms with Crippen molar-refractivity contribution >= 4 is 34.2 Å². The minimum Gasteiger partial charge on any atom is -0.872 e. The number of anilines is 1. The number of amides is 1. The first kappa shape index (κ1) is 19.9. The van der Waals surface area contributed by atoms with Gasteiger partial charge in [0.25, 0.3) is 5.91 Å². The summed E-state index contributed by atoms with van der Waals surface area (Å²) in [6, 6.07) is 19.1. The number of hydrogen-bond donors (Lipinski definition) is 2. The highest BCUT2D eigenvalue weighted by atomic mass is 16.4. The van der Waals surface area contributed by atoms with Crippen LogP contribution in [0.25, 0.3) is 11.0 Å². The van der Waals surface area contributed by atoms with Gasteiger partial charge >= 0.3 is 5.97 Å². The van der Waals surface area contributed by atoms with E-state index in [1.54, 1.807) is 18.2 Å². The van der Waals surface area contributed by atoms with Crippen molar-refractivity contribution in [3.05, 3.63) is 95.0 Å². The number of carboxylic acids is 1. The van der Waals surface area contributed by atoms with Gasteiger partial charge in [-0.1, -0.05) is 24.3 Å². The topological polar surface area (TPSA) is 115 Å². The highest BCUT2D eigenvalue weighted by Gasteiger charge is 2.13. The first-order valence-corrected chi connectivity index (χ1v) is 9.40. The summed E-state index contributed by atoms with van der Waals surface area (Å²) in [4.78, 5) is 28.5. The summed E-state index contributed by atoms with van der Waals surface area (Å²) in [5.74, 6) is -1.71. The Morgan fingerprint density at radius 1 is 1.00 bits per heavy atom. The van der Waals surface area contributed by atoms with E-state index in [1.165, 1.54) is 36.4 Å². The Morgan fingerprint density at radius 3 is 2.48 bits per heavy atom. The van der Waals surface area contributed by atoms with Crippen LogP contribution in [0.2, 0.25) is 0 Å². The quantitative estimate of drug-likeness (QED) is 0.525. The van der Waals surface area contributed by atoms with Gasteiger partial charge in [-0.15, -0.1) is 5.75 Å². The number of carbonyl (C=O) groups excluding carboxylic acids is 1. The van der Waals surface area contributed by atoms with Gasteiger partial charge < -0.3 is 19.9 Å². The van der Waals surface area contributed by atoms with E-state index in [1.807, 2.05) is 25.1 Å². The van der Waals surface area contributed by atoms with Crippen LogP contribution in [0.1, 0.15) is 26.3 Å². The van der Waals surface area contributed by atoms with Crippen molar-refractivity contribution in [2.75, 3.05) is 5.32 Å². The van der Waals surface area contributed by atoms with Gasteiger partial charge in [0.1, 0.15) is 11.1 Å². The summed E-state index contributed by atoms with van der Waals surface area (Å²) < 4.78 is 5.79.